The molecule has 4 atom stereocenters. The third-order valence-corrected chi connectivity index (χ3v) is 3.94. The largest absolute Gasteiger partial charge is 0.502 e. The molecule has 1 aromatic rings. The fourth-order valence-corrected chi connectivity index (χ4v) is 2.48. The maximum Gasteiger partial charge on any atom is 0.200 e. The lowest BCUT2D eigenvalue weighted by Crippen LogP contribution is -2.53. The van der Waals surface area contributed by atoms with Crippen molar-refractivity contribution in [2.45, 2.75) is 24.4 Å². The van der Waals surface area contributed by atoms with Crippen LogP contribution in [0.15, 0.2) is 23.2 Å². The molecular formula is C17H23NO7. The number of rotatable bonds is 6. The predicted molar refractivity (Wildman–Crippen MR) is 91.4 cm³/mol. The van der Waals surface area contributed by atoms with Crippen molar-refractivity contribution in [1.29, 1.82) is 0 Å². The number of nitrogens with zero attached hydrogens (tertiary/aromatic N) is 1. The van der Waals surface area contributed by atoms with Crippen LogP contribution in [0.2, 0.25) is 0 Å². The molecule has 0 radical (unpaired) electrons. The highest BCUT2D eigenvalue weighted by Gasteiger charge is 2.37. The Kier molecular flexibility index (Phi) is 6.77. The lowest BCUT2D eigenvalue weighted by Gasteiger charge is -2.34. The van der Waals surface area contributed by atoms with Crippen LogP contribution >= 0.6 is 0 Å². The second kappa shape index (κ2) is 8.82. The van der Waals surface area contributed by atoms with Crippen molar-refractivity contribution in [3.63, 3.8) is 0 Å². The molecule has 1 saturated heterocycles. The number of phenols is 1. The third kappa shape index (κ3) is 4.49. The third-order valence-electron chi connectivity index (χ3n) is 3.94. The SMILES string of the molecule is COc1cc(/C=C/C=N/C2COC(CO)C(O)C2O)cc(OC)c1O. The second-order valence-electron chi connectivity index (χ2n) is 5.53. The van der Waals surface area contributed by atoms with E-state index in [1.54, 1.807) is 24.3 Å². The number of allylic oxidation sites excluding steroid dienone is 1. The summed E-state index contributed by atoms with van der Waals surface area (Å²) >= 11 is 0. The number of aliphatic hydroxyl groups excluding tert-OH is 3. The summed E-state index contributed by atoms with van der Waals surface area (Å²) in [6, 6.07) is 2.65. The first-order valence-corrected chi connectivity index (χ1v) is 7.75. The van der Waals surface area contributed by atoms with E-state index in [9.17, 15) is 15.3 Å². The number of hydrogen-bond acceptors (Lipinski definition) is 8. The fraction of sp³-hybridized carbons (Fsp3) is 0.471. The van der Waals surface area contributed by atoms with Crippen LogP contribution in [0.4, 0.5) is 0 Å². The van der Waals surface area contributed by atoms with E-state index in [2.05, 4.69) is 4.99 Å². The maximum atomic E-state index is 9.98. The van der Waals surface area contributed by atoms with Crippen LogP contribution in [0.3, 0.4) is 0 Å². The summed E-state index contributed by atoms with van der Waals surface area (Å²) in [4.78, 5) is 4.16. The molecule has 4 N–H and O–H groups in total. The van der Waals surface area contributed by atoms with Crippen LogP contribution in [-0.2, 0) is 4.74 Å². The van der Waals surface area contributed by atoms with Crippen LogP contribution in [-0.4, -0.2) is 78.4 Å². The Morgan fingerprint density at radius 2 is 1.84 bits per heavy atom. The van der Waals surface area contributed by atoms with Crippen LogP contribution in [0.25, 0.3) is 6.08 Å². The van der Waals surface area contributed by atoms with Crippen LogP contribution in [0, 0.1) is 0 Å². The zero-order valence-electron chi connectivity index (χ0n) is 14.1. The minimum absolute atomic E-state index is 0.0780. The number of benzene rings is 1. The molecule has 1 aliphatic heterocycles. The first-order chi connectivity index (χ1) is 12.0. The maximum absolute atomic E-state index is 9.98. The van der Waals surface area contributed by atoms with E-state index in [4.69, 9.17) is 19.3 Å². The number of aliphatic imine (C=N–C) groups is 1. The quantitative estimate of drug-likeness (QED) is 0.530. The van der Waals surface area contributed by atoms with Gasteiger partial charge in [0, 0.05) is 6.21 Å². The van der Waals surface area contributed by atoms with Crippen LogP contribution in [0.1, 0.15) is 5.56 Å². The molecule has 0 saturated carbocycles. The highest BCUT2D eigenvalue weighted by molar-refractivity contribution is 5.79. The van der Waals surface area contributed by atoms with E-state index in [0.717, 1.165) is 5.56 Å². The molecular weight excluding hydrogens is 330 g/mol. The van der Waals surface area contributed by atoms with Gasteiger partial charge in [-0.2, -0.15) is 0 Å². The Morgan fingerprint density at radius 3 is 2.40 bits per heavy atom. The van der Waals surface area contributed by atoms with E-state index in [1.807, 2.05) is 0 Å². The van der Waals surface area contributed by atoms with Gasteiger partial charge in [0.15, 0.2) is 11.5 Å². The van der Waals surface area contributed by atoms with Gasteiger partial charge in [-0.1, -0.05) is 6.08 Å². The van der Waals surface area contributed by atoms with Gasteiger partial charge < -0.3 is 34.6 Å². The standard InChI is InChI=1S/C17H23NO7/c1-23-12-6-10(7-13(24-2)16(12)21)4-3-5-18-11-9-25-14(8-19)17(22)15(11)20/h3-7,11,14-15,17,19-22H,8-9H2,1-2H3/b4-3+,18-5+. The highest BCUT2D eigenvalue weighted by atomic mass is 16.5. The first kappa shape index (κ1) is 19.2. The molecule has 0 aliphatic carbocycles. The molecule has 4 unspecified atom stereocenters. The molecule has 138 valence electrons. The smallest absolute Gasteiger partial charge is 0.200 e. The molecule has 0 bridgehead atoms. The lowest BCUT2D eigenvalue weighted by molar-refractivity contribution is -0.155. The number of ether oxygens (including phenoxy) is 3. The Labute approximate surface area is 145 Å². The van der Waals surface area contributed by atoms with Gasteiger partial charge in [-0.3, -0.25) is 4.99 Å². The highest BCUT2D eigenvalue weighted by Crippen LogP contribution is 2.37. The van der Waals surface area contributed by atoms with Gasteiger partial charge >= 0.3 is 0 Å². The van der Waals surface area contributed by atoms with Gasteiger partial charge in [0.25, 0.3) is 0 Å². The van der Waals surface area contributed by atoms with Crippen molar-refractivity contribution in [3.05, 3.63) is 23.8 Å². The molecule has 0 spiro atoms. The summed E-state index contributed by atoms with van der Waals surface area (Å²) in [5, 5.41) is 38.7. The zero-order valence-corrected chi connectivity index (χ0v) is 14.1. The van der Waals surface area contributed by atoms with Crippen LogP contribution in [0.5, 0.6) is 17.2 Å². The van der Waals surface area contributed by atoms with E-state index in [1.165, 1.54) is 20.4 Å². The van der Waals surface area contributed by atoms with Crippen molar-refractivity contribution in [3.8, 4) is 17.2 Å². The molecule has 1 aliphatic rings. The van der Waals surface area contributed by atoms with Gasteiger partial charge in [-0.05, 0) is 23.8 Å². The summed E-state index contributed by atoms with van der Waals surface area (Å²) in [5.41, 5.74) is 0.721. The number of aromatic hydroxyl groups is 1. The monoisotopic (exact) mass is 353 g/mol. The number of aliphatic hydroxyl groups is 3. The number of methoxy groups -OCH3 is 2. The number of hydrogen-bond donors (Lipinski definition) is 4. The molecule has 2 rings (SSSR count). The summed E-state index contributed by atoms with van der Waals surface area (Å²) in [7, 11) is 2.89. The van der Waals surface area contributed by atoms with Crippen molar-refractivity contribution >= 4 is 12.3 Å². The second-order valence-corrected chi connectivity index (χ2v) is 5.53. The van der Waals surface area contributed by atoms with E-state index in [0.29, 0.717) is 0 Å². The zero-order chi connectivity index (χ0) is 18.4. The van der Waals surface area contributed by atoms with Gasteiger partial charge in [0.05, 0.1) is 27.4 Å². The summed E-state index contributed by atoms with van der Waals surface area (Å²) in [5.74, 6) is 0.487. The molecule has 1 aromatic carbocycles. The Hall–Kier alpha value is -2.13. The number of phenolic OH excluding ortho intramolecular Hbond substituents is 1. The van der Waals surface area contributed by atoms with Crippen LogP contribution < -0.4 is 9.47 Å². The lowest BCUT2D eigenvalue weighted by atomic mass is 9.99. The molecule has 0 amide bonds. The fourth-order valence-electron chi connectivity index (χ4n) is 2.48. The molecule has 8 heteroatoms. The minimum atomic E-state index is -1.18. The van der Waals surface area contributed by atoms with Gasteiger partial charge in [-0.25, -0.2) is 0 Å². The predicted octanol–water partition coefficient (Wildman–Crippen LogP) is -0.0251. The molecule has 1 heterocycles. The Balaban J connectivity index is 2.04. The topological polar surface area (TPSA) is 121 Å². The average Bonchev–Trinajstić information content (AvgIpc) is 2.63. The molecule has 1 fully saturated rings. The summed E-state index contributed by atoms with van der Waals surface area (Å²) < 4.78 is 15.4. The molecule has 8 nitrogen and oxygen atoms in total. The Morgan fingerprint density at radius 1 is 1.20 bits per heavy atom. The molecule has 25 heavy (non-hydrogen) atoms. The van der Waals surface area contributed by atoms with Crippen molar-refractivity contribution in [2.24, 2.45) is 4.99 Å². The minimum Gasteiger partial charge on any atom is -0.502 e. The van der Waals surface area contributed by atoms with Gasteiger partial charge in [-0.15, -0.1) is 0 Å². The van der Waals surface area contributed by atoms with E-state index < -0.39 is 24.4 Å². The van der Waals surface area contributed by atoms with Crippen molar-refractivity contribution < 1.29 is 34.6 Å². The van der Waals surface area contributed by atoms with Crippen molar-refractivity contribution in [2.75, 3.05) is 27.4 Å². The summed E-state index contributed by atoms with van der Waals surface area (Å²) in [6.45, 7) is -0.256. The molecule has 0 aromatic heterocycles. The Bertz CT molecular complexity index is 606. The first-order valence-electron chi connectivity index (χ1n) is 7.75. The summed E-state index contributed by atoms with van der Waals surface area (Å²) in [6.07, 6.45) is 1.75. The van der Waals surface area contributed by atoms with Gasteiger partial charge in [0.1, 0.15) is 24.4 Å². The van der Waals surface area contributed by atoms with Crippen molar-refractivity contribution in [1.82, 2.24) is 0 Å². The van der Waals surface area contributed by atoms with E-state index >= 15 is 0 Å². The van der Waals surface area contributed by atoms with Gasteiger partial charge in [0.2, 0.25) is 5.75 Å². The average molecular weight is 353 g/mol. The normalized spacial score (nSPS) is 27.1. The van der Waals surface area contributed by atoms with E-state index in [-0.39, 0.29) is 30.5 Å².